The van der Waals surface area contributed by atoms with Gasteiger partial charge in [-0.1, -0.05) is 13.8 Å². The quantitative estimate of drug-likeness (QED) is 0.554. The molecule has 3 heteroatoms. The highest BCUT2D eigenvalue weighted by Gasteiger charge is 2.44. The van der Waals surface area contributed by atoms with E-state index >= 15 is 0 Å². The molecular formula is C8H12NO2. The van der Waals surface area contributed by atoms with Gasteiger partial charge < -0.3 is 0 Å². The molecule has 0 saturated carbocycles. The molecule has 0 aromatic heterocycles. The van der Waals surface area contributed by atoms with E-state index in [9.17, 15) is 9.59 Å². The van der Waals surface area contributed by atoms with E-state index in [1.54, 1.807) is 0 Å². The monoisotopic (exact) mass is 154 g/mol. The summed E-state index contributed by atoms with van der Waals surface area (Å²) in [6.07, 6.45) is 1.76. The third kappa shape index (κ3) is 1.15. The Morgan fingerprint density at radius 2 is 1.91 bits per heavy atom. The molecule has 11 heavy (non-hydrogen) atoms. The SMILES string of the molecule is CCC1(CC)CC(=O)[N]C1=O. The fourth-order valence-corrected chi connectivity index (χ4v) is 1.44. The predicted octanol–water partition coefficient (Wildman–Crippen LogP) is 0.854. The van der Waals surface area contributed by atoms with Crippen LogP contribution in [0.2, 0.25) is 0 Å². The average Bonchev–Trinajstić information content (AvgIpc) is 2.27. The minimum atomic E-state index is -0.447. The third-order valence-electron chi connectivity index (χ3n) is 2.52. The van der Waals surface area contributed by atoms with Crippen LogP contribution in [0.15, 0.2) is 0 Å². The van der Waals surface area contributed by atoms with Gasteiger partial charge in [-0.15, -0.1) is 0 Å². The van der Waals surface area contributed by atoms with Gasteiger partial charge in [-0.2, -0.15) is 5.32 Å². The maximum absolute atomic E-state index is 11.2. The number of rotatable bonds is 2. The average molecular weight is 154 g/mol. The molecule has 1 rings (SSSR count). The van der Waals surface area contributed by atoms with Gasteiger partial charge in [0.15, 0.2) is 0 Å². The fraction of sp³-hybridized carbons (Fsp3) is 0.750. The normalized spacial score (nSPS) is 22.0. The Bertz CT molecular complexity index is 194. The summed E-state index contributed by atoms with van der Waals surface area (Å²) >= 11 is 0. The smallest absolute Gasteiger partial charge is 0.255 e. The first-order valence-electron chi connectivity index (χ1n) is 3.93. The summed E-state index contributed by atoms with van der Waals surface area (Å²) in [5.41, 5.74) is -0.447. The second-order valence-corrected chi connectivity index (χ2v) is 2.97. The van der Waals surface area contributed by atoms with E-state index in [0.29, 0.717) is 6.42 Å². The molecule has 1 aliphatic rings. The highest BCUT2D eigenvalue weighted by molar-refractivity contribution is 6.05. The molecule has 1 fully saturated rings. The Morgan fingerprint density at radius 3 is 2.09 bits per heavy atom. The minimum Gasteiger partial charge on any atom is -0.272 e. The number of nitrogens with zero attached hydrogens (tertiary/aromatic N) is 1. The van der Waals surface area contributed by atoms with Crippen molar-refractivity contribution in [3.8, 4) is 0 Å². The number of carbonyl (C=O) groups is 2. The van der Waals surface area contributed by atoms with E-state index in [1.165, 1.54) is 0 Å². The highest BCUT2D eigenvalue weighted by Crippen LogP contribution is 2.35. The zero-order valence-corrected chi connectivity index (χ0v) is 6.89. The molecule has 1 aliphatic heterocycles. The molecular weight excluding hydrogens is 142 g/mol. The van der Waals surface area contributed by atoms with Crippen molar-refractivity contribution in [2.75, 3.05) is 0 Å². The Hall–Kier alpha value is -0.860. The van der Waals surface area contributed by atoms with Gasteiger partial charge in [0.2, 0.25) is 5.91 Å². The number of carbonyl (C=O) groups excluding carboxylic acids is 2. The minimum absolute atomic E-state index is 0.215. The van der Waals surface area contributed by atoms with Gasteiger partial charge >= 0.3 is 0 Å². The Labute approximate surface area is 66.2 Å². The molecule has 2 amide bonds. The van der Waals surface area contributed by atoms with Crippen molar-refractivity contribution in [3.05, 3.63) is 0 Å². The van der Waals surface area contributed by atoms with Gasteiger partial charge in [0, 0.05) is 6.42 Å². The van der Waals surface area contributed by atoms with Crippen LogP contribution in [0, 0.1) is 5.41 Å². The molecule has 1 radical (unpaired) electrons. The van der Waals surface area contributed by atoms with Crippen LogP contribution < -0.4 is 5.32 Å². The predicted molar refractivity (Wildman–Crippen MR) is 39.8 cm³/mol. The lowest BCUT2D eigenvalue weighted by molar-refractivity contribution is -0.129. The van der Waals surface area contributed by atoms with Crippen molar-refractivity contribution < 1.29 is 9.59 Å². The fourth-order valence-electron chi connectivity index (χ4n) is 1.44. The summed E-state index contributed by atoms with van der Waals surface area (Å²) in [6, 6.07) is 0. The van der Waals surface area contributed by atoms with E-state index in [4.69, 9.17) is 0 Å². The molecule has 0 N–H and O–H groups in total. The summed E-state index contributed by atoms with van der Waals surface area (Å²) in [5, 5.41) is 3.41. The summed E-state index contributed by atoms with van der Waals surface area (Å²) < 4.78 is 0. The summed E-state index contributed by atoms with van der Waals surface area (Å²) in [5.74, 6) is -0.466. The van der Waals surface area contributed by atoms with E-state index < -0.39 is 5.41 Å². The Kier molecular flexibility index (Phi) is 1.98. The van der Waals surface area contributed by atoms with Crippen LogP contribution in [0.3, 0.4) is 0 Å². The summed E-state index contributed by atoms with van der Waals surface area (Å²) in [6.45, 7) is 3.85. The molecule has 0 spiro atoms. The molecule has 0 aromatic rings. The number of hydrogen-bond acceptors (Lipinski definition) is 2. The summed E-state index contributed by atoms with van der Waals surface area (Å²) in [7, 11) is 0. The van der Waals surface area contributed by atoms with Crippen molar-refractivity contribution in [3.63, 3.8) is 0 Å². The Balaban J connectivity index is 2.84. The standard InChI is InChI=1S/C8H12NO2/c1-3-8(4-2)5-6(10)9-7(8)11/h3-5H2,1-2H3. The maximum atomic E-state index is 11.2. The molecule has 1 heterocycles. The van der Waals surface area contributed by atoms with Crippen molar-refractivity contribution in [1.29, 1.82) is 0 Å². The molecule has 0 aromatic carbocycles. The van der Waals surface area contributed by atoms with Gasteiger partial charge in [0.05, 0.1) is 5.41 Å². The van der Waals surface area contributed by atoms with Crippen molar-refractivity contribution in [2.24, 2.45) is 5.41 Å². The molecule has 1 saturated heterocycles. The molecule has 0 atom stereocenters. The lowest BCUT2D eigenvalue weighted by atomic mass is 9.81. The van der Waals surface area contributed by atoms with Crippen LogP contribution in [-0.2, 0) is 9.59 Å². The Morgan fingerprint density at radius 1 is 1.36 bits per heavy atom. The van der Waals surface area contributed by atoms with Crippen LogP contribution in [0.25, 0.3) is 0 Å². The van der Waals surface area contributed by atoms with Crippen LogP contribution >= 0.6 is 0 Å². The first-order valence-corrected chi connectivity index (χ1v) is 3.93. The number of hydrogen-bond donors (Lipinski definition) is 0. The first kappa shape index (κ1) is 8.24. The zero-order valence-electron chi connectivity index (χ0n) is 6.89. The van der Waals surface area contributed by atoms with Gasteiger partial charge in [0.1, 0.15) is 0 Å². The number of amides is 2. The third-order valence-corrected chi connectivity index (χ3v) is 2.52. The van der Waals surface area contributed by atoms with Crippen LogP contribution in [0.5, 0.6) is 0 Å². The first-order chi connectivity index (χ1) is 5.14. The van der Waals surface area contributed by atoms with E-state index in [-0.39, 0.29) is 11.8 Å². The van der Waals surface area contributed by atoms with Crippen LogP contribution in [0.4, 0.5) is 0 Å². The maximum Gasteiger partial charge on any atom is 0.255 e. The van der Waals surface area contributed by atoms with Crippen molar-refractivity contribution in [2.45, 2.75) is 33.1 Å². The van der Waals surface area contributed by atoms with Crippen LogP contribution in [-0.4, -0.2) is 11.8 Å². The van der Waals surface area contributed by atoms with E-state index in [1.807, 2.05) is 13.8 Å². The number of imide groups is 1. The van der Waals surface area contributed by atoms with Gasteiger partial charge in [0.25, 0.3) is 5.91 Å². The zero-order chi connectivity index (χ0) is 8.48. The topological polar surface area (TPSA) is 48.2 Å². The lowest BCUT2D eigenvalue weighted by Gasteiger charge is -2.19. The molecule has 0 aliphatic carbocycles. The molecule has 0 unspecified atom stereocenters. The van der Waals surface area contributed by atoms with Crippen molar-refractivity contribution >= 4 is 11.8 Å². The van der Waals surface area contributed by atoms with E-state index in [2.05, 4.69) is 5.32 Å². The van der Waals surface area contributed by atoms with Gasteiger partial charge in [-0.3, -0.25) is 9.59 Å². The molecule has 3 nitrogen and oxygen atoms in total. The van der Waals surface area contributed by atoms with Gasteiger partial charge in [-0.05, 0) is 12.8 Å². The second-order valence-electron chi connectivity index (χ2n) is 2.97. The largest absolute Gasteiger partial charge is 0.272 e. The van der Waals surface area contributed by atoms with Crippen LogP contribution in [0.1, 0.15) is 33.1 Å². The van der Waals surface area contributed by atoms with Crippen molar-refractivity contribution in [1.82, 2.24) is 5.32 Å². The second kappa shape index (κ2) is 2.64. The van der Waals surface area contributed by atoms with E-state index in [0.717, 1.165) is 12.8 Å². The van der Waals surface area contributed by atoms with Gasteiger partial charge in [-0.25, -0.2) is 0 Å². The highest BCUT2D eigenvalue weighted by atomic mass is 16.2. The lowest BCUT2D eigenvalue weighted by Crippen LogP contribution is -2.26. The molecule has 61 valence electrons. The molecule has 0 bridgehead atoms. The summed E-state index contributed by atoms with van der Waals surface area (Å²) in [4.78, 5) is 22.0.